The molecule has 3 N–H and O–H groups in total. The molecule has 5 aromatic rings. The van der Waals surface area contributed by atoms with Gasteiger partial charge in [-0.2, -0.15) is 0 Å². The van der Waals surface area contributed by atoms with Crippen LogP contribution in [0.2, 0.25) is 0 Å². The van der Waals surface area contributed by atoms with E-state index in [2.05, 4.69) is 64.6 Å². The first-order valence-corrected chi connectivity index (χ1v) is 9.40. The molecule has 0 bridgehead atoms. The van der Waals surface area contributed by atoms with Crippen LogP contribution in [0.1, 0.15) is 17.4 Å². The summed E-state index contributed by atoms with van der Waals surface area (Å²) in [6.07, 6.45) is 4.34. The van der Waals surface area contributed by atoms with Gasteiger partial charge >= 0.3 is 0 Å². The van der Waals surface area contributed by atoms with Gasteiger partial charge in [-0.15, -0.1) is 0 Å². The first kappa shape index (κ1) is 16.7. The number of aromatic amines is 1. The number of fused-ring (bicyclic) bond motifs is 2. The SMILES string of the molecule is NC(Cc1cccc2ccccc12)c1nc2ccc(-c3ccncc3)cc2[nH]1. The van der Waals surface area contributed by atoms with Gasteiger partial charge in [-0.25, -0.2) is 4.98 Å². The second kappa shape index (κ2) is 6.91. The third kappa shape index (κ3) is 3.04. The van der Waals surface area contributed by atoms with Gasteiger partial charge in [0, 0.05) is 12.4 Å². The van der Waals surface area contributed by atoms with Crippen molar-refractivity contribution in [1.29, 1.82) is 0 Å². The Labute approximate surface area is 163 Å². The van der Waals surface area contributed by atoms with Crippen molar-refractivity contribution in [2.24, 2.45) is 5.73 Å². The lowest BCUT2D eigenvalue weighted by atomic mass is 9.99. The first-order valence-electron chi connectivity index (χ1n) is 9.40. The maximum atomic E-state index is 6.53. The molecule has 4 heteroatoms. The smallest absolute Gasteiger partial charge is 0.124 e. The highest BCUT2D eigenvalue weighted by atomic mass is 15.0. The summed E-state index contributed by atoms with van der Waals surface area (Å²) >= 11 is 0. The second-order valence-corrected chi connectivity index (χ2v) is 7.04. The summed E-state index contributed by atoms with van der Waals surface area (Å²) in [6.45, 7) is 0. The summed E-state index contributed by atoms with van der Waals surface area (Å²) in [5.41, 5.74) is 12.0. The molecule has 0 aliphatic heterocycles. The van der Waals surface area contributed by atoms with Crippen LogP contribution < -0.4 is 5.73 Å². The highest BCUT2D eigenvalue weighted by Crippen LogP contribution is 2.26. The fourth-order valence-corrected chi connectivity index (χ4v) is 3.73. The summed E-state index contributed by atoms with van der Waals surface area (Å²) in [4.78, 5) is 12.2. The van der Waals surface area contributed by atoms with Gasteiger partial charge in [0.1, 0.15) is 5.82 Å². The molecule has 4 nitrogen and oxygen atoms in total. The molecule has 136 valence electrons. The number of aromatic nitrogens is 3. The van der Waals surface area contributed by atoms with E-state index in [4.69, 9.17) is 10.7 Å². The molecule has 0 fully saturated rings. The van der Waals surface area contributed by atoms with Crippen molar-refractivity contribution in [2.75, 3.05) is 0 Å². The lowest BCUT2D eigenvalue weighted by molar-refractivity contribution is 0.683. The molecule has 0 saturated heterocycles. The van der Waals surface area contributed by atoms with Gasteiger partial charge < -0.3 is 10.7 Å². The maximum Gasteiger partial charge on any atom is 0.124 e. The molecule has 3 aromatic carbocycles. The van der Waals surface area contributed by atoms with Crippen LogP contribution in [0.15, 0.2) is 85.2 Å². The Kier molecular flexibility index (Phi) is 4.11. The van der Waals surface area contributed by atoms with Crippen LogP contribution in [0.25, 0.3) is 32.9 Å². The van der Waals surface area contributed by atoms with Crippen molar-refractivity contribution >= 4 is 21.8 Å². The quantitative estimate of drug-likeness (QED) is 0.470. The van der Waals surface area contributed by atoms with E-state index in [0.29, 0.717) is 0 Å². The molecule has 0 aliphatic carbocycles. The average molecular weight is 364 g/mol. The third-order valence-electron chi connectivity index (χ3n) is 5.18. The number of pyridine rings is 1. The van der Waals surface area contributed by atoms with Crippen LogP contribution in [0.3, 0.4) is 0 Å². The summed E-state index contributed by atoms with van der Waals surface area (Å²) in [5, 5.41) is 2.48. The molecule has 0 spiro atoms. The molecule has 0 aliphatic rings. The zero-order valence-corrected chi connectivity index (χ0v) is 15.3. The minimum absolute atomic E-state index is 0.192. The fourth-order valence-electron chi connectivity index (χ4n) is 3.73. The molecular weight excluding hydrogens is 344 g/mol. The monoisotopic (exact) mass is 364 g/mol. The van der Waals surface area contributed by atoms with Crippen LogP contribution in [0.4, 0.5) is 0 Å². The highest BCUT2D eigenvalue weighted by Gasteiger charge is 2.14. The largest absolute Gasteiger partial charge is 0.341 e. The predicted octanol–water partition coefficient (Wildman–Crippen LogP) is 5.02. The van der Waals surface area contributed by atoms with Crippen molar-refractivity contribution in [3.05, 3.63) is 96.6 Å². The molecule has 2 heterocycles. The van der Waals surface area contributed by atoms with Crippen molar-refractivity contribution in [1.82, 2.24) is 15.0 Å². The molecule has 1 unspecified atom stereocenters. The minimum Gasteiger partial charge on any atom is -0.341 e. The third-order valence-corrected chi connectivity index (χ3v) is 5.18. The second-order valence-electron chi connectivity index (χ2n) is 7.04. The molecule has 0 radical (unpaired) electrons. The van der Waals surface area contributed by atoms with Gasteiger partial charge in [0.15, 0.2) is 0 Å². The van der Waals surface area contributed by atoms with Crippen LogP contribution in [-0.2, 0) is 6.42 Å². The van der Waals surface area contributed by atoms with Gasteiger partial charge in [0.25, 0.3) is 0 Å². The van der Waals surface area contributed by atoms with Crippen LogP contribution in [0.5, 0.6) is 0 Å². The lowest BCUT2D eigenvalue weighted by Gasteiger charge is -2.11. The summed E-state index contributed by atoms with van der Waals surface area (Å²) in [5.74, 6) is 0.815. The molecule has 5 rings (SSSR count). The van der Waals surface area contributed by atoms with Crippen LogP contribution in [-0.4, -0.2) is 15.0 Å². The minimum atomic E-state index is -0.192. The van der Waals surface area contributed by atoms with Crippen molar-refractivity contribution in [3.63, 3.8) is 0 Å². The average Bonchev–Trinajstić information content (AvgIpc) is 3.18. The number of nitrogens with two attached hydrogens (primary N) is 1. The number of nitrogens with one attached hydrogen (secondary N) is 1. The number of rotatable bonds is 4. The van der Waals surface area contributed by atoms with E-state index in [0.717, 1.165) is 34.4 Å². The summed E-state index contributed by atoms with van der Waals surface area (Å²) in [7, 11) is 0. The molecular formula is C24H20N4. The predicted molar refractivity (Wildman–Crippen MR) is 114 cm³/mol. The number of imidazole rings is 1. The van der Waals surface area contributed by atoms with Crippen LogP contribution in [0, 0.1) is 0 Å². The Hall–Kier alpha value is -3.50. The number of hydrogen-bond acceptors (Lipinski definition) is 3. The zero-order chi connectivity index (χ0) is 18.9. The summed E-state index contributed by atoms with van der Waals surface area (Å²) < 4.78 is 0. The fraction of sp³-hybridized carbons (Fsp3) is 0.0833. The van der Waals surface area contributed by atoms with Crippen molar-refractivity contribution in [3.8, 4) is 11.1 Å². The zero-order valence-electron chi connectivity index (χ0n) is 15.3. The van der Waals surface area contributed by atoms with Crippen molar-refractivity contribution < 1.29 is 0 Å². The Balaban J connectivity index is 1.47. The normalized spacial score (nSPS) is 12.5. The van der Waals surface area contributed by atoms with E-state index in [1.165, 1.54) is 16.3 Å². The molecule has 0 amide bonds. The van der Waals surface area contributed by atoms with Crippen molar-refractivity contribution in [2.45, 2.75) is 12.5 Å². The van der Waals surface area contributed by atoms with E-state index in [1.54, 1.807) is 12.4 Å². The van der Waals surface area contributed by atoms with Gasteiger partial charge in [-0.1, -0.05) is 48.5 Å². The molecule has 2 aromatic heterocycles. The molecule has 28 heavy (non-hydrogen) atoms. The Morgan fingerprint density at radius 1 is 0.857 bits per heavy atom. The van der Waals surface area contributed by atoms with E-state index in [9.17, 15) is 0 Å². The van der Waals surface area contributed by atoms with E-state index in [1.807, 2.05) is 18.2 Å². The first-order chi connectivity index (χ1) is 13.8. The van der Waals surface area contributed by atoms with Gasteiger partial charge in [-0.05, 0) is 58.1 Å². The van der Waals surface area contributed by atoms with E-state index < -0.39 is 0 Å². The van der Waals surface area contributed by atoms with Gasteiger partial charge in [-0.3, -0.25) is 4.98 Å². The van der Waals surface area contributed by atoms with E-state index >= 15 is 0 Å². The van der Waals surface area contributed by atoms with Gasteiger partial charge in [0.2, 0.25) is 0 Å². The highest BCUT2D eigenvalue weighted by molar-refractivity contribution is 5.86. The van der Waals surface area contributed by atoms with Gasteiger partial charge in [0.05, 0.1) is 17.1 Å². The number of nitrogens with zero attached hydrogens (tertiary/aromatic N) is 2. The Morgan fingerprint density at radius 3 is 2.57 bits per heavy atom. The molecule has 1 atom stereocenters. The standard InChI is InChI=1S/C24H20N4/c25-21(14-19-6-3-5-17-4-1-2-7-20(17)19)24-27-22-9-8-18(15-23(22)28-24)16-10-12-26-13-11-16/h1-13,15,21H,14,25H2,(H,27,28). The topological polar surface area (TPSA) is 67.6 Å². The number of hydrogen-bond donors (Lipinski definition) is 2. The number of H-pyrrole nitrogens is 1. The summed E-state index contributed by atoms with van der Waals surface area (Å²) in [6, 6.07) is 24.8. The lowest BCUT2D eigenvalue weighted by Crippen LogP contribution is -2.15. The van der Waals surface area contributed by atoms with E-state index in [-0.39, 0.29) is 6.04 Å². The molecule has 0 saturated carbocycles. The number of benzene rings is 3. The Bertz CT molecular complexity index is 1250. The Morgan fingerprint density at radius 2 is 1.68 bits per heavy atom. The maximum absolute atomic E-state index is 6.53. The van der Waals surface area contributed by atoms with Crippen LogP contribution >= 0.6 is 0 Å².